The van der Waals surface area contributed by atoms with E-state index in [4.69, 9.17) is 10.7 Å². The highest BCUT2D eigenvalue weighted by Gasteiger charge is 2.23. The average molecular weight is 368 g/mol. The molecule has 1 amide bonds. The van der Waals surface area contributed by atoms with Gasteiger partial charge in [0.15, 0.2) is 5.96 Å². The summed E-state index contributed by atoms with van der Waals surface area (Å²) in [4.78, 5) is 18.5. The zero-order valence-electron chi connectivity index (χ0n) is 17.2. The number of hydrogen-bond donors (Lipinski definition) is 3. The maximum atomic E-state index is 11.4. The Morgan fingerprint density at radius 2 is 2.08 bits per heavy atom. The number of carbonyl (C=O) groups excluding carboxylic acids is 1. The molecule has 1 heterocycles. The maximum Gasteiger partial charge on any atom is 0.221 e. The number of nitrogens with one attached hydrogen (secondary N) is 2. The van der Waals surface area contributed by atoms with E-state index in [1.807, 2.05) is 0 Å². The molecule has 6 heteroatoms. The van der Waals surface area contributed by atoms with Crippen molar-refractivity contribution in [2.45, 2.75) is 65.7 Å². The van der Waals surface area contributed by atoms with Gasteiger partial charge in [-0.05, 0) is 51.6 Å². The SMILES string of the molecule is CCCCC(CC)CN=C(NCC)NCCCN1CCCC(C(N)=O)C1. The Labute approximate surface area is 160 Å². The Morgan fingerprint density at radius 1 is 1.27 bits per heavy atom. The lowest BCUT2D eigenvalue weighted by molar-refractivity contribution is -0.123. The summed E-state index contributed by atoms with van der Waals surface area (Å²) >= 11 is 0. The predicted molar refractivity (Wildman–Crippen MR) is 110 cm³/mol. The van der Waals surface area contributed by atoms with Gasteiger partial charge >= 0.3 is 0 Å². The van der Waals surface area contributed by atoms with E-state index < -0.39 is 0 Å². The van der Waals surface area contributed by atoms with Crippen LogP contribution >= 0.6 is 0 Å². The average Bonchev–Trinajstić information content (AvgIpc) is 2.65. The Bertz CT molecular complexity index is 413. The number of aliphatic imine (C=N–C) groups is 1. The molecule has 0 aromatic rings. The quantitative estimate of drug-likeness (QED) is 0.281. The molecule has 0 radical (unpaired) electrons. The van der Waals surface area contributed by atoms with Crippen molar-refractivity contribution in [3.8, 4) is 0 Å². The second kappa shape index (κ2) is 13.8. The molecule has 4 N–H and O–H groups in total. The monoisotopic (exact) mass is 367 g/mol. The van der Waals surface area contributed by atoms with Gasteiger partial charge in [-0.1, -0.05) is 33.1 Å². The summed E-state index contributed by atoms with van der Waals surface area (Å²) in [5, 5.41) is 6.79. The van der Waals surface area contributed by atoms with Crippen molar-refractivity contribution in [2.75, 3.05) is 39.3 Å². The Balaban J connectivity index is 2.31. The molecule has 6 nitrogen and oxygen atoms in total. The molecular formula is C20H41N5O. The maximum absolute atomic E-state index is 11.4. The number of primary amides is 1. The van der Waals surface area contributed by atoms with Gasteiger partial charge in [0.25, 0.3) is 0 Å². The fraction of sp³-hybridized carbons (Fsp3) is 0.900. The van der Waals surface area contributed by atoms with Gasteiger partial charge in [0.1, 0.15) is 0 Å². The topological polar surface area (TPSA) is 82.8 Å². The number of carbonyl (C=O) groups is 1. The van der Waals surface area contributed by atoms with Crippen LogP contribution in [0.4, 0.5) is 0 Å². The third-order valence-electron chi connectivity index (χ3n) is 5.25. The van der Waals surface area contributed by atoms with Crippen LogP contribution in [0.15, 0.2) is 4.99 Å². The van der Waals surface area contributed by atoms with Crippen molar-refractivity contribution < 1.29 is 4.79 Å². The number of nitrogens with two attached hydrogens (primary N) is 1. The molecule has 0 aromatic heterocycles. The normalized spacial score (nSPS) is 20.0. The second-order valence-electron chi connectivity index (χ2n) is 7.46. The standard InChI is InChI=1S/C20H41N5O/c1-4-7-10-17(5-2)15-24-20(22-6-3)23-12-9-14-25-13-8-11-18(16-25)19(21)26/h17-18H,4-16H2,1-3H3,(H2,21,26)(H2,22,23,24). The molecule has 1 saturated heterocycles. The van der Waals surface area contributed by atoms with Crippen LogP contribution in [-0.2, 0) is 4.79 Å². The van der Waals surface area contributed by atoms with Gasteiger partial charge in [-0.15, -0.1) is 0 Å². The Morgan fingerprint density at radius 3 is 2.73 bits per heavy atom. The summed E-state index contributed by atoms with van der Waals surface area (Å²) < 4.78 is 0. The van der Waals surface area contributed by atoms with Crippen LogP contribution in [-0.4, -0.2) is 56.0 Å². The molecule has 2 unspecified atom stereocenters. The van der Waals surface area contributed by atoms with Gasteiger partial charge in [-0.3, -0.25) is 9.79 Å². The van der Waals surface area contributed by atoms with Gasteiger partial charge in [-0.25, -0.2) is 0 Å². The van der Waals surface area contributed by atoms with E-state index in [1.165, 1.54) is 25.7 Å². The number of piperidine rings is 1. The van der Waals surface area contributed by atoms with Crippen LogP contribution in [0.1, 0.15) is 65.7 Å². The summed E-state index contributed by atoms with van der Waals surface area (Å²) in [6, 6.07) is 0. The first-order valence-electron chi connectivity index (χ1n) is 10.6. The minimum Gasteiger partial charge on any atom is -0.369 e. The molecule has 0 saturated carbocycles. The van der Waals surface area contributed by atoms with Crippen molar-refractivity contribution in [3.63, 3.8) is 0 Å². The van der Waals surface area contributed by atoms with Crippen molar-refractivity contribution in [2.24, 2.45) is 22.6 Å². The van der Waals surface area contributed by atoms with Crippen molar-refractivity contribution in [3.05, 3.63) is 0 Å². The van der Waals surface area contributed by atoms with Gasteiger partial charge in [0.2, 0.25) is 5.91 Å². The smallest absolute Gasteiger partial charge is 0.221 e. The van der Waals surface area contributed by atoms with Crippen molar-refractivity contribution in [1.29, 1.82) is 0 Å². The molecule has 26 heavy (non-hydrogen) atoms. The molecule has 1 rings (SSSR count). The zero-order chi connectivity index (χ0) is 19.2. The highest BCUT2D eigenvalue weighted by molar-refractivity contribution is 5.79. The molecule has 0 aromatic carbocycles. The van der Waals surface area contributed by atoms with E-state index in [-0.39, 0.29) is 11.8 Å². The first-order valence-corrected chi connectivity index (χ1v) is 10.6. The van der Waals surface area contributed by atoms with Gasteiger partial charge in [0.05, 0.1) is 5.92 Å². The summed E-state index contributed by atoms with van der Waals surface area (Å²) in [7, 11) is 0. The summed E-state index contributed by atoms with van der Waals surface area (Å²) in [5.74, 6) is 1.49. The van der Waals surface area contributed by atoms with Gasteiger partial charge < -0.3 is 21.3 Å². The number of likely N-dealkylation sites (tertiary alicyclic amines) is 1. The van der Waals surface area contributed by atoms with Gasteiger partial charge in [0, 0.05) is 26.2 Å². The number of nitrogens with zero attached hydrogens (tertiary/aromatic N) is 2. The first kappa shape index (κ1) is 22.7. The molecule has 0 bridgehead atoms. The molecule has 152 valence electrons. The van der Waals surface area contributed by atoms with Crippen LogP contribution in [0.25, 0.3) is 0 Å². The van der Waals surface area contributed by atoms with Crippen LogP contribution < -0.4 is 16.4 Å². The van der Waals surface area contributed by atoms with Crippen molar-refractivity contribution >= 4 is 11.9 Å². The fourth-order valence-corrected chi connectivity index (χ4v) is 3.48. The largest absolute Gasteiger partial charge is 0.369 e. The van der Waals surface area contributed by atoms with Crippen LogP contribution in [0.3, 0.4) is 0 Å². The van der Waals surface area contributed by atoms with E-state index in [9.17, 15) is 4.79 Å². The number of unbranched alkanes of at least 4 members (excludes halogenated alkanes) is 1. The molecule has 1 aliphatic heterocycles. The van der Waals surface area contributed by atoms with E-state index in [2.05, 4.69) is 36.3 Å². The minimum atomic E-state index is -0.150. The summed E-state index contributed by atoms with van der Waals surface area (Å²) in [5.41, 5.74) is 5.45. The lowest BCUT2D eigenvalue weighted by Gasteiger charge is -2.31. The Kier molecular flexibility index (Phi) is 12.1. The first-order chi connectivity index (χ1) is 12.6. The summed E-state index contributed by atoms with van der Waals surface area (Å²) in [6.45, 7) is 12.2. The number of hydrogen-bond acceptors (Lipinski definition) is 3. The minimum absolute atomic E-state index is 0.0321. The molecule has 0 spiro atoms. The third kappa shape index (κ3) is 9.41. The molecular weight excluding hydrogens is 326 g/mol. The van der Waals surface area contributed by atoms with Crippen LogP contribution in [0.5, 0.6) is 0 Å². The van der Waals surface area contributed by atoms with Crippen LogP contribution in [0.2, 0.25) is 0 Å². The van der Waals surface area contributed by atoms with Crippen molar-refractivity contribution in [1.82, 2.24) is 15.5 Å². The predicted octanol–water partition coefficient (Wildman–Crippen LogP) is 2.35. The van der Waals surface area contributed by atoms with E-state index in [0.29, 0.717) is 5.92 Å². The lowest BCUT2D eigenvalue weighted by Crippen LogP contribution is -2.43. The van der Waals surface area contributed by atoms with Gasteiger partial charge in [-0.2, -0.15) is 0 Å². The zero-order valence-corrected chi connectivity index (χ0v) is 17.2. The molecule has 1 aliphatic rings. The number of amides is 1. The molecule has 2 atom stereocenters. The van der Waals surface area contributed by atoms with E-state index in [1.54, 1.807) is 0 Å². The highest BCUT2D eigenvalue weighted by Crippen LogP contribution is 2.16. The highest BCUT2D eigenvalue weighted by atomic mass is 16.1. The van der Waals surface area contributed by atoms with Crippen LogP contribution in [0, 0.1) is 11.8 Å². The summed E-state index contributed by atoms with van der Waals surface area (Å²) in [6.07, 6.45) is 8.07. The number of rotatable bonds is 12. The van der Waals surface area contributed by atoms with E-state index >= 15 is 0 Å². The van der Waals surface area contributed by atoms with E-state index in [0.717, 1.165) is 64.5 Å². The fourth-order valence-electron chi connectivity index (χ4n) is 3.48. The molecule has 0 aliphatic carbocycles. The number of guanidine groups is 1. The molecule has 1 fully saturated rings. The second-order valence-corrected chi connectivity index (χ2v) is 7.46. The third-order valence-corrected chi connectivity index (χ3v) is 5.25. The Hall–Kier alpha value is -1.30. The lowest BCUT2D eigenvalue weighted by atomic mass is 9.97.